The normalized spacial score (nSPS) is 11.9. The van der Waals surface area contributed by atoms with Crippen LogP contribution in [0.3, 0.4) is 0 Å². The van der Waals surface area contributed by atoms with E-state index in [1.54, 1.807) is 13.2 Å². The van der Waals surface area contributed by atoms with Crippen molar-refractivity contribution in [1.82, 2.24) is 5.32 Å². The van der Waals surface area contributed by atoms with Crippen LogP contribution in [0.2, 0.25) is 0 Å². The maximum atomic E-state index is 10.9. The van der Waals surface area contributed by atoms with Crippen molar-refractivity contribution >= 4 is 5.97 Å². The first kappa shape index (κ1) is 16.2. The molecule has 2 N–H and O–H groups in total. The van der Waals surface area contributed by atoms with Crippen LogP contribution in [-0.2, 0) is 11.2 Å². The Morgan fingerprint density at radius 3 is 2.70 bits per heavy atom. The van der Waals surface area contributed by atoms with Gasteiger partial charge < -0.3 is 15.2 Å². The zero-order valence-electron chi connectivity index (χ0n) is 12.4. The zero-order valence-corrected chi connectivity index (χ0v) is 12.4. The molecule has 1 unspecified atom stereocenters. The standard InChI is InChI=1S/C16H23NO3/c1-5-6-17-14(10-16(18)19)9-13-7-12(3)15(20-4)8-11(13)2/h5,7-8,14,17H,1,6,9-10H2,2-4H3,(H,18,19). The fraction of sp³-hybridized carbons (Fsp3) is 0.438. The molecule has 0 aliphatic rings. The topological polar surface area (TPSA) is 58.6 Å². The van der Waals surface area contributed by atoms with Crippen LogP contribution < -0.4 is 10.1 Å². The first-order valence-corrected chi connectivity index (χ1v) is 6.68. The van der Waals surface area contributed by atoms with Crippen molar-refractivity contribution in [1.29, 1.82) is 0 Å². The molecule has 1 aromatic rings. The smallest absolute Gasteiger partial charge is 0.304 e. The van der Waals surface area contributed by atoms with E-state index < -0.39 is 5.97 Å². The molecule has 0 fully saturated rings. The molecule has 0 heterocycles. The Hall–Kier alpha value is -1.81. The number of ether oxygens (including phenoxy) is 1. The molecule has 0 bridgehead atoms. The van der Waals surface area contributed by atoms with E-state index in [2.05, 4.69) is 18.0 Å². The predicted octanol–water partition coefficient (Wildman–Crippen LogP) is 2.47. The molecule has 1 rings (SSSR count). The summed E-state index contributed by atoms with van der Waals surface area (Å²) in [6, 6.07) is 3.96. The molecule has 0 aliphatic heterocycles. The Kier molecular flexibility index (Phi) is 6.25. The third kappa shape index (κ3) is 4.70. The van der Waals surface area contributed by atoms with Gasteiger partial charge >= 0.3 is 5.97 Å². The summed E-state index contributed by atoms with van der Waals surface area (Å²) in [4.78, 5) is 10.9. The molecule has 0 aromatic heterocycles. The summed E-state index contributed by atoms with van der Waals surface area (Å²) < 4.78 is 5.29. The van der Waals surface area contributed by atoms with Crippen LogP contribution >= 0.6 is 0 Å². The fourth-order valence-electron chi connectivity index (χ4n) is 2.23. The SMILES string of the molecule is C=CCNC(CC(=O)O)Cc1cc(C)c(OC)cc1C. The van der Waals surface area contributed by atoms with E-state index in [9.17, 15) is 4.79 Å². The van der Waals surface area contributed by atoms with Crippen molar-refractivity contribution in [3.63, 3.8) is 0 Å². The minimum Gasteiger partial charge on any atom is -0.496 e. The highest BCUT2D eigenvalue weighted by molar-refractivity contribution is 5.67. The van der Waals surface area contributed by atoms with Gasteiger partial charge in [0.2, 0.25) is 0 Å². The molecule has 0 amide bonds. The first-order chi connectivity index (χ1) is 9.47. The van der Waals surface area contributed by atoms with Gasteiger partial charge in [-0.1, -0.05) is 12.1 Å². The van der Waals surface area contributed by atoms with Crippen molar-refractivity contribution < 1.29 is 14.6 Å². The number of carboxylic acids is 1. The Morgan fingerprint density at radius 2 is 2.15 bits per heavy atom. The quantitative estimate of drug-likeness (QED) is 0.717. The van der Waals surface area contributed by atoms with Gasteiger partial charge in [0, 0.05) is 12.6 Å². The van der Waals surface area contributed by atoms with Crippen LogP contribution in [0.4, 0.5) is 0 Å². The molecule has 1 atom stereocenters. The first-order valence-electron chi connectivity index (χ1n) is 6.68. The highest BCUT2D eigenvalue weighted by Gasteiger charge is 2.15. The Morgan fingerprint density at radius 1 is 1.45 bits per heavy atom. The molecule has 0 radical (unpaired) electrons. The Labute approximate surface area is 120 Å². The minimum atomic E-state index is -0.797. The lowest BCUT2D eigenvalue weighted by atomic mass is 9.97. The third-order valence-corrected chi connectivity index (χ3v) is 3.29. The van der Waals surface area contributed by atoms with Crippen molar-refractivity contribution in [2.75, 3.05) is 13.7 Å². The number of hydrogen-bond donors (Lipinski definition) is 2. The van der Waals surface area contributed by atoms with E-state index in [1.807, 2.05) is 19.9 Å². The van der Waals surface area contributed by atoms with Crippen molar-refractivity contribution in [2.45, 2.75) is 32.7 Å². The molecule has 0 aliphatic carbocycles. The molecule has 0 saturated carbocycles. The van der Waals surface area contributed by atoms with Gasteiger partial charge in [0.15, 0.2) is 0 Å². The molecule has 4 heteroatoms. The fourth-order valence-corrected chi connectivity index (χ4v) is 2.23. The van der Waals surface area contributed by atoms with E-state index in [1.165, 1.54) is 0 Å². The Balaban J connectivity index is 2.89. The van der Waals surface area contributed by atoms with Gasteiger partial charge in [-0.3, -0.25) is 4.79 Å². The lowest BCUT2D eigenvalue weighted by Crippen LogP contribution is -2.33. The number of benzene rings is 1. The maximum absolute atomic E-state index is 10.9. The lowest BCUT2D eigenvalue weighted by molar-refractivity contribution is -0.137. The molecular formula is C16H23NO3. The Bertz CT molecular complexity index is 483. The summed E-state index contributed by atoms with van der Waals surface area (Å²) in [7, 11) is 1.65. The molecule has 0 saturated heterocycles. The number of nitrogens with one attached hydrogen (secondary N) is 1. The van der Waals surface area contributed by atoms with Gasteiger partial charge in [-0.15, -0.1) is 6.58 Å². The van der Waals surface area contributed by atoms with Crippen LogP contribution in [-0.4, -0.2) is 30.8 Å². The summed E-state index contributed by atoms with van der Waals surface area (Å²) in [6.07, 6.45) is 2.51. The molecule has 0 spiro atoms. The highest BCUT2D eigenvalue weighted by atomic mass is 16.5. The van der Waals surface area contributed by atoms with Gasteiger partial charge in [0.05, 0.1) is 13.5 Å². The molecule has 4 nitrogen and oxygen atoms in total. The van der Waals surface area contributed by atoms with Crippen LogP contribution in [0.5, 0.6) is 5.75 Å². The third-order valence-electron chi connectivity index (χ3n) is 3.29. The van der Waals surface area contributed by atoms with Crippen molar-refractivity contribution in [2.24, 2.45) is 0 Å². The van der Waals surface area contributed by atoms with Gasteiger partial charge in [-0.2, -0.15) is 0 Å². The van der Waals surface area contributed by atoms with Crippen molar-refractivity contribution in [3.8, 4) is 5.75 Å². The number of aliphatic carboxylic acids is 1. The van der Waals surface area contributed by atoms with Gasteiger partial charge in [-0.25, -0.2) is 0 Å². The number of carbonyl (C=O) groups is 1. The molecule has 1 aromatic carbocycles. The average Bonchev–Trinajstić information content (AvgIpc) is 2.39. The van der Waals surface area contributed by atoms with Crippen LogP contribution in [0.1, 0.15) is 23.1 Å². The monoisotopic (exact) mass is 277 g/mol. The second-order valence-corrected chi connectivity index (χ2v) is 4.94. The summed E-state index contributed by atoms with van der Waals surface area (Å²) in [5.41, 5.74) is 3.32. The molecule has 20 heavy (non-hydrogen) atoms. The van der Waals surface area contributed by atoms with E-state index in [0.717, 1.165) is 22.4 Å². The second kappa shape index (κ2) is 7.70. The van der Waals surface area contributed by atoms with E-state index >= 15 is 0 Å². The summed E-state index contributed by atoms with van der Waals surface area (Å²) in [5, 5.41) is 12.2. The van der Waals surface area contributed by atoms with Crippen LogP contribution in [0, 0.1) is 13.8 Å². The van der Waals surface area contributed by atoms with E-state index in [-0.39, 0.29) is 12.5 Å². The maximum Gasteiger partial charge on any atom is 0.304 e. The number of carboxylic acid groups (broad SMARTS) is 1. The van der Waals surface area contributed by atoms with Crippen molar-refractivity contribution in [3.05, 3.63) is 41.5 Å². The summed E-state index contributed by atoms with van der Waals surface area (Å²) >= 11 is 0. The zero-order chi connectivity index (χ0) is 15.1. The van der Waals surface area contributed by atoms with Gasteiger partial charge in [-0.05, 0) is 43.0 Å². The predicted molar refractivity (Wildman–Crippen MR) is 80.4 cm³/mol. The minimum absolute atomic E-state index is 0.0956. The highest BCUT2D eigenvalue weighted by Crippen LogP contribution is 2.23. The summed E-state index contributed by atoms with van der Waals surface area (Å²) in [5.74, 6) is 0.0644. The number of methoxy groups -OCH3 is 1. The van der Waals surface area contributed by atoms with Crippen LogP contribution in [0.25, 0.3) is 0 Å². The lowest BCUT2D eigenvalue weighted by Gasteiger charge is -2.18. The van der Waals surface area contributed by atoms with Gasteiger partial charge in [0.25, 0.3) is 0 Å². The second-order valence-electron chi connectivity index (χ2n) is 4.94. The van der Waals surface area contributed by atoms with Gasteiger partial charge in [0.1, 0.15) is 5.75 Å². The number of rotatable bonds is 8. The average molecular weight is 277 g/mol. The molecular weight excluding hydrogens is 254 g/mol. The van der Waals surface area contributed by atoms with E-state index in [4.69, 9.17) is 9.84 Å². The molecule has 110 valence electrons. The number of hydrogen-bond acceptors (Lipinski definition) is 3. The largest absolute Gasteiger partial charge is 0.496 e. The number of aryl methyl sites for hydroxylation is 2. The van der Waals surface area contributed by atoms with E-state index in [0.29, 0.717) is 13.0 Å². The summed E-state index contributed by atoms with van der Waals surface area (Å²) in [6.45, 7) is 8.26. The van der Waals surface area contributed by atoms with Crippen LogP contribution in [0.15, 0.2) is 24.8 Å².